The lowest BCUT2D eigenvalue weighted by atomic mass is 10.0. The largest absolute Gasteiger partial charge is 0.496 e. The lowest BCUT2D eigenvalue weighted by Crippen LogP contribution is -2.07. The molecule has 0 N–H and O–H groups in total. The average molecular weight is 372 g/mol. The molecule has 140 valence electrons. The highest BCUT2D eigenvalue weighted by molar-refractivity contribution is 5.65. The first-order valence-electron chi connectivity index (χ1n) is 8.85. The molecule has 1 aromatic heterocycles. The van der Waals surface area contributed by atoms with Gasteiger partial charge in [-0.25, -0.2) is 4.68 Å². The van der Waals surface area contributed by atoms with Crippen LogP contribution in [0.1, 0.15) is 24.1 Å². The number of halogens is 3. The summed E-state index contributed by atoms with van der Waals surface area (Å²) in [6.07, 6.45) is -1.25. The second-order valence-corrected chi connectivity index (χ2v) is 6.83. The fraction of sp³-hybridized carbons (Fsp3) is 0.286. The minimum Gasteiger partial charge on any atom is -0.496 e. The topological polar surface area (TPSA) is 27.1 Å². The van der Waals surface area contributed by atoms with Crippen molar-refractivity contribution in [1.29, 1.82) is 0 Å². The van der Waals surface area contributed by atoms with E-state index in [2.05, 4.69) is 5.10 Å². The number of benzene rings is 2. The fourth-order valence-electron chi connectivity index (χ4n) is 3.22. The van der Waals surface area contributed by atoms with Gasteiger partial charge in [0.25, 0.3) is 0 Å². The molecule has 6 heteroatoms. The third kappa shape index (κ3) is 3.70. The summed E-state index contributed by atoms with van der Waals surface area (Å²) >= 11 is 0. The van der Waals surface area contributed by atoms with Gasteiger partial charge in [-0.1, -0.05) is 18.2 Å². The van der Waals surface area contributed by atoms with Crippen LogP contribution in [-0.2, 0) is 12.6 Å². The molecule has 27 heavy (non-hydrogen) atoms. The molecular weight excluding hydrogens is 353 g/mol. The van der Waals surface area contributed by atoms with Crippen LogP contribution in [0.2, 0.25) is 0 Å². The molecule has 1 heterocycles. The van der Waals surface area contributed by atoms with E-state index >= 15 is 0 Å². The predicted octanol–water partition coefficient (Wildman–Crippen LogP) is 5.52. The smallest absolute Gasteiger partial charge is 0.435 e. The van der Waals surface area contributed by atoms with Crippen LogP contribution in [-0.4, -0.2) is 16.9 Å². The third-order valence-electron chi connectivity index (χ3n) is 4.78. The van der Waals surface area contributed by atoms with Gasteiger partial charge in [0.2, 0.25) is 0 Å². The first-order valence-corrected chi connectivity index (χ1v) is 8.85. The zero-order valence-corrected chi connectivity index (χ0v) is 14.8. The van der Waals surface area contributed by atoms with Crippen LogP contribution in [0.5, 0.6) is 5.75 Å². The molecule has 1 aliphatic carbocycles. The predicted molar refractivity (Wildman–Crippen MR) is 97.0 cm³/mol. The quantitative estimate of drug-likeness (QED) is 0.590. The summed E-state index contributed by atoms with van der Waals surface area (Å²) in [5, 5.41) is 3.83. The number of nitrogens with zero attached hydrogens (tertiary/aromatic N) is 2. The monoisotopic (exact) mass is 372 g/mol. The molecule has 4 rings (SSSR count). The van der Waals surface area contributed by atoms with Crippen LogP contribution >= 0.6 is 0 Å². The number of ether oxygens (including phenoxy) is 1. The van der Waals surface area contributed by atoms with Gasteiger partial charge in [0.1, 0.15) is 5.75 Å². The summed E-state index contributed by atoms with van der Waals surface area (Å²) in [6, 6.07) is 15.5. The minimum atomic E-state index is -4.50. The van der Waals surface area contributed by atoms with Crippen molar-refractivity contribution in [1.82, 2.24) is 9.78 Å². The number of methoxy groups -OCH3 is 1. The van der Waals surface area contributed by atoms with Crippen molar-refractivity contribution in [3.05, 3.63) is 65.9 Å². The third-order valence-corrected chi connectivity index (χ3v) is 4.78. The number of hydrogen-bond acceptors (Lipinski definition) is 2. The van der Waals surface area contributed by atoms with Gasteiger partial charge in [-0.15, -0.1) is 0 Å². The molecule has 3 nitrogen and oxygen atoms in total. The van der Waals surface area contributed by atoms with E-state index in [1.165, 1.54) is 17.5 Å². The van der Waals surface area contributed by atoms with Crippen LogP contribution in [0.15, 0.2) is 54.6 Å². The van der Waals surface area contributed by atoms with Crippen LogP contribution in [0.3, 0.4) is 0 Å². The second-order valence-electron chi connectivity index (χ2n) is 6.83. The fourth-order valence-corrected chi connectivity index (χ4v) is 3.22. The maximum Gasteiger partial charge on any atom is 0.435 e. The summed E-state index contributed by atoms with van der Waals surface area (Å²) in [4.78, 5) is 0. The van der Waals surface area contributed by atoms with E-state index in [0.717, 1.165) is 23.8 Å². The zero-order chi connectivity index (χ0) is 19.0. The lowest BCUT2D eigenvalue weighted by molar-refractivity contribution is -0.141. The van der Waals surface area contributed by atoms with E-state index in [4.69, 9.17) is 4.74 Å². The van der Waals surface area contributed by atoms with Gasteiger partial charge in [-0.2, -0.15) is 18.3 Å². The average Bonchev–Trinajstić information content (AvgIpc) is 3.34. The van der Waals surface area contributed by atoms with Crippen molar-refractivity contribution >= 4 is 0 Å². The molecule has 0 radical (unpaired) electrons. The van der Waals surface area contributed by atoms with E-state index in [-0.39, 0.29) is 0 Å². The lowest BCUT2D eigenvalue weighted by Gasteiger charge is -2.12. The molecular formula is C21H19F3N2O. The van der Waals surface area contributed by atoms with Gasteiger partial charge in [0, 0.05) is 5.56 Å². The number of para-hydroxylation sites is 1. The van der Waals surface area contributed by atoms with E-state index in [1.807, 2.05) is 18.2 Å². The number of alkyl halides is 3. The first kappa shape index (κ1) is 17.6. The maximum atomic E-state index is 13.3. The molecule has 0 bridgehead atoms. The van der Waals surface area contributed by atoms with E-state index in [9.17, 15) is 13.2 Å². The Morgan fingerprint density at radius 2 is 1.81 bits per heavy atom. The second kappa shape index (κ2) is 6.76. The van der Waals surface area contributed by atoms with Gasteiger partial charge in [0.05, 0.1) is 18.5 Å². The van der Waals surface area contributed by atoms with Gasteiger partial charge in [-0.3, -0.25) is 0 Å². The Labute approximate surface area is 155 Å². The van der Waals surface area contributed by atoms with Gasteiger partial charge >= 0.3 is 6.18 Å². The van der Waals surface area contributed by atoms with Crippen LogP contribution in [0.4, 0.5) is 13.2 Å². The molecule has 0 amide bonds. The number of rotatable bonds is 5. The maximum absolute atomic E-state index is 13.3. The zero-order valence-electron chi connectivity index (χ0n) is 14.8. The summed E-state index contributed by atoms with van der Waals surface area (Å²) in [7, 11) is 1.61. The van der Waals surface area contributed by atoms with E-state index in [0.29, 0.717) is 22.9 Å². The molecule has 0 atom stereocenters. The summed E-state index contributed by atoms with van der Waals surface area (Å²) in [5.41, 5.74) is 1.81. The molecule has 1 aliphatic rings. The summed E-state index contributed by atoms with van der Waals surface area (Å²) in [5.74, 6) is 1.41. The SMILES string of the molecule is COc1ccc(-c2cc(C(F)(F)F)nn2-c2ccccc2)cc1CC1CC1. The van der Waals surface area contributed by atoms with Gasteiger partial charge in [-0.05, 0) is 67.1 Å². The van der Waals surface area contributed by atoms with Crippen molar-refractivity contribution in [2.45, 2.75) is 25.4 Å². The van der Waals surface area contributed by atoms with Gasteiger partial charge < -0.3 is 4.74 Å². The van der Waals surface area contributed by atoms with E-state index in [1.54, 1.807) is 37.4 Å². The Morgan fingerprint density at radius 1 is 1.07 bits per heavy atom. The highest BCUT2D eigenvalue weighted by Crippen LogP contribution is 2.38. The summed E-state index contributed by atoms with van der Waals surface area (Å²) < 4.78 is 46.7. The Kier molecular flexibility index (Phi) is 4.42. The van der Waals surface area contributed by atoms with Crippen molar-refractivity contribution in [3.63, 3.8) is 0 Å². The minimum absolute atomic E-state index is 0.410. The summed E-state index contributed by atoms with van der Waals surface area (Å²) in [6.45, 7) is 0. The Bertz CT molecular complexity index is 944. The highest BCUT2D eigenvalue weighted by Gasteiger charge is 2.35. The van der Waals surface area contributed by atoms with Gasteiger partial charge in [0.15, 0.2) is 5.69 Å². The first-order chi connectivity index (χ1) is 13.0. The molecule has 0 aliphatic heterocycles. The van der Waals surface area contributed by atoms with Crippen LogP contribution in [0.25, 0.3) is 16.9 Å². The molecule has 0 unspecified atom stereocenters. The Morgan fingerprint density at radius 3 is 2.44 bits per heavy atom. The number of aromatic nitrogens is 2. The molecule has 3 aromatic rings. The Hall–Kier alpha value is -2.76. The van der Waals surface area contributed by atoms with Crippen LogP contribution < -0.4 is 4.74 Å². The molecule has 1 fully saturated rings. The molecule has 0 saturated heterocycles. The highest BCUT2D eigenvalue weighted by atomic mass is 19.4. The molecule has 1 saturated carbocycles. The van der Waals surface area contributed by atoms with Crippen molar-refractivity contribution in [2.75, 3.05) is 7.11 Å². The van der Waals surface area contributed by atoms with E-state index < -0.39 is 11.9 Å². The standard InChI is InChI=1S/C21H19F3N2O/c1-27-19-10-9-15(12-16(19)11-14-7-8-14)18-13-20(21(22,23)24)25-26(18)17-5-3-2-4-6-17/h2-6,9-10,12-14H,7-8,11H2,1H3. The van der Waals surface area contributed by atoms with Crippen LogP contribution in [0, 0.1) is 5.92 Å². The normalized spacial score (nSPS) is 14.4. The number of hydrogen-bond donors (Lipinski definition) is 0. The molecule has 2 aromatic carbocycles. The van der Waals surface area contributed by atoms with Crippen molar-refractivity contribution < 1.29 is 17.9 Å². The van der Waals surface area contributed by atoms with Crippen molar-refractivity contribution in [3.8, 4) is 22.7 Å². The van der Waals surface area contributed by atoms with Crippen molar-refractivity contribution in [2.24, 2.45) is 5.92 Å². The Balaban J connectivity index is 1.84. The molecule has 0 spiro atoms.